The average Bonchev–Trinajstić information content (AvgIpc) is 2.35. The molecule has 1 saturated heterocycles. The first-order valence-electron chi connectivity index (χ1n) is 4.00. The Kier molecular flexibility index (Phi) is 3.22. The summed E-state index contributed by atoms with van der Waals surface area (Å²) in [4.78, 5) is 0. The maximum Gasteiger partial charge on any atom is 0.234 e. The maximum absolute atomic E-state index is 10.6. The van der Waals surface area contributed by atoms with E-state index in [0.717, 1.165) is 19.4 Å². The fourth-order valence-electron chi connectivity index (χ4n) is 1.49. The van der Waals surface area contributed by atoms with Crippen LogP contribution in [0.15, 0.2) is 0 Å². The first-order valence-corrected chi connectivity index (χ1v) is 5.06. The Morgan fingerprint density at radius 3 is 2.83 bits per heavy atom. The van der Waals surface area contributed by atoms with Crippen LogP contribution in [-0.4, -0.2) is 38.9 Å². The van der Waals surface area contributed by atoms with Crippen molar-refractivity contribution in [3.8, 4) is 0 Å². The number of likely N-dealkylation sites (N-methyl/N-ethyl adjacent to an activating group) is 1. The van der Waals surface area contributed by atoms with Crippen molar-refractivity contribution in [1.82, 2.24) is 4.31 Å². The zero-order valence-corrected chi connectivity index (χ0v) is 8.26. The molecule has 2 atom stereocenters. The highest BCUT2D eigenvalue weighted by molar-refractivity contribution is 7.76. The molecule has 1 heterocycles. The third-order valence-corrected chi connectivity index (χ3v) is 2.79. The smallest absolute Gasteiger partial charge is 0.234 e. The lowest BCUT2D eigenvalue weighted by Crippen LogP contribution is -2.39. The lowest BCUT2D eigenvalue weighted by molar-refractivity contribution is 0.00949. The molecule has 1 aliphatic rings. The van der Waals surface area contributed by atoms with Crippen LogP contribution in [-0.2, 0) is 16.0 Å². The zero-order chi connectivity index (χ0) is 9.19. The summed E-state index contributed by atoms with van der Waals surface area (Å²) >= 11 is -1.88. The van der Waals surface area contributed by atoms with E-state index in [1.807, 2.05) is 6.92 Å². The van der Waals surface area contributed by atoms with Gasteiger partial charge in [-0.1, -0.05) is 0 Å². The predicted octanol–water partition coefficient (Wildman–Crippen LogP) is 0.624. The van der Waals surface area contributed by atoms with E-state index in [1.165, 1.54) is 4.31 Å². The van der Waals surface area contributed by atoms with Gasteiger partial charge in [-0.05, 0) is 19.8 Å². The third kappa shape index (κ3) is 2.52. The quantitative estimate of drug-likeness (QED) is 0.669. The van der Waals surface area contributed by atoms with Crippen LogP contribution in [0.3, 0.4) is 0 Å². The molecule has 0 aromatic rings. The molecule has 0 bridgehead atoms. The summed E-state index contributed by atoms with van der Waals surface area (Å²) in [5.74, 6) is 0. The SMILES string of the molecule is CN(CC1(C)CCCO1)S(=O)O. The molecule has 12 heavy (non-hydrogen) atoms. The Bertz CT molecular complexity index is 179. The van der Waals surface area contributed by atoms with E-state index in [0.29, 0.717) is 6.54 Å². The molecule has 2 unspecified atom stereocenters. The van der Waals surface area contributed by atoms with Gasteiger partial charge in [0.2, 0.25) is 11.3 Å². The monoisotopic (exact) mass is 193 g/mol. The first kappa shape index (κ1) is 10.1. The predicted molar refractivity (Wildman–Crippen MR) is 47.0 cm³/mol. The van der Waals surface area contributed by atoms with Crippen molar-refractivity contribution in [1.29, 1.82) is 0 Å². The van der Waals surface area contributed by atoms with Crippen molar-refractivity contribution in [2.75, 3.05) is 20.2 Å². The summed E-state index contributed by atoms with van der Waals surface area (Å²) in [6.45, 7) is 3.25. The number of nitrogens with zero attached hydrogens (tertiary/aromatic N) is 1. The number of hydrogen-bond donors (Lipinski definition) is 1. The minimum Gasteiger partial charge on any atom is -0.374 e. The van der Waals surface area contributed by atoms with Crippen LogP contribution in [0.1, 0.15) is 19.8 Å². The number of ether oxygens (including phenoxy) is 1. The van der Waals surface area contributed by atoms with Crippen molar-refractivity contribution >= 4 is 11.3 Å². The van der Waals surface area contributed by atoms with Crippen molar-refractivity contribution < 1.29 is 13.5 Å². The van der Waals surface area contributed by atoms with Gasteiger partial charge in [-0.25, -0.2) is 8.51 Å². The molecule has 0 amide bonds. The van der Waals surface area contributed by atoms with Gasteiger partial charge in [0, 0.05) is 20.2 Å². The van der Waals surface area contributed by atoms with Gasteiger partial charge in [-0.15, -0.1) is 0 Å². The Morgan fingerprint density at radius 2 is 2.42 bits per heavy atom. The van der Waals surface area contributed by atoms with E-state index in [2.05, 4.69) is 0 Å². The van der Waals surface area contributed by atoms with E-state index >= 15 is 0 Å². The molecule has 0 aliphatic carbocycles. The Morgan fingerprint density at radius 1 is 1.75 bits per heavy atom. The van der Waals surface area contributed by atoms with E-state index in [4.69, 9.17) is 9.29 Å². The van der Waals surface area contributed by atoms with Crippen molar-refractivity contribution in [2.24, 2.45) is 0 Å². The first-order chi connectivity index (χ1) is 5.53. The topological polar surface area (TPSA) is 49.8 Å². The molecular weight excluding hydrogens is 178 g/mol. The van der Waals surface area contributed by atoms with Gasteiger partial charge in [-0.2, -0.15) is 0 Å². The van der Waals surface area contributed by atoms with E-state index < -0.39 is 11.3 Å². The van der Waals surface area contributed by atoms with Gasteiger partial charge in [0.05, 0.1) is 5.60 Å². The molecule has 5 heteroatoms. The summed E-state index contributed by atoms with van der Waals surface area (Å²) in [6, 6.07) is 0. The van der Waals surface area contributed by atoms with Crippen LogP contribution in [0.2, 0.25) is 0 Å². The van der Waals surface area contributed by atoms with Crippen molar-refractivity contribution in [3.05, 3.63) is 0 Å². The van der Waals surface area contributed by atoms with E-state index in [-0.39, 0.29) is 5.60 Å². The summed E-state index contributed by atoms with van der Waals surface area (Å²) in [6.07, 6.45) is 2.01. The number of rotatable bonds is 3. The molecule has 0 aromatic carbocycles. The van der Waals surface area contributed by atoms with Crippen LogP contribution in [0.5, 0.6) is 0 Å². The molecular formula is C7H15NO3S. The van der Waals surface area contributed by atoms with Crippen LogP contribution < -0.4 is 0 Å². The largest absolute Gasteiger partial charge is 0.374 e. The van der Waals surface area contributed by atoms with E-state index in [9.17, 15) is 4.21 Å². The van der Waals surface area contributed by atoms with Gasteiger partial charge >= 0.3 is 0 Å². The van der Waals surface area contributed by atoms with Crippen molar-refractivity contribution in [3.63, 3.8) is 0 Å². The highest BCUT2D eigenvalue weighted by Crippen LogP contribution is 2.25. The molecule has 0 aromatic heterocycles. The van der Waals surface area contributed by atoms with Gasteiger partial charge in [0.25, 0.3) is 0 Å². The summed E-state index contributed by atoms with van der Waals surface area (Å²) < 4.78 is 26.2. The van der Waals surface area contributed by atoms with Crippen LogP contribution in [0.25, 0.3) is 0 Å². The van der Waals surface area contributed by atoms with E-state index in [1.54, 1.807) is 7.05 Å². The fraction of sp³-hybridized carbons (Fsp3) is 1.00. The molecule has 1 aliphatic heterocycles. The summed E-state index contributed by atoms with van der Waals surface area (Å²) in [7, 11) is 1.61. The van der Waals surface area contributed by atoms with Crippen LogP contribution >= 0.6 is 0 Å². The third-order valence-electron chi connectivity index (χ3n) is 2.12. The molecule has 1 rings (SSSR count). The molecule has 72 valence electrons. The van der Waals surface area contributed by atoms with Crippen molar-refractivity contribution in [2.45, 2.75) is 25.4 Å². The average molecular weight is 193 g/mol. The second kappa shape index (κ2) is 3.83. The van der Waals surface area contributed by atoms with Gasteiger partial charge in [0.15, 0.2) is 0 Å². The highest BCUT2D eigenvalue weighted by atomic mass is 32.2. The second-order valence-corrected chi connectivity index (χ2v) is 4.50. The summed E-state index contributed by atoms with van der Waals surface area (Å²) in [5, 5.41) is 0. The molecule has 1 fully saturated rings. The lowest BCUT2D eigenvalue weighted by Gasteiger charge is -2.26. The van der Waals surface area contributed by atoms with Gasteiger partial charge < -0.3 is 4.74 Å². The molecule has 4 nitrogen and oxygen atoms in total. The zero-order valence-electron chi connectivity index (χ0n) is 7.45. The highest BCUT2D eigenvalue weighted by Gasteiger charge is 2.31. The molecule has 0 saturated carbocycles. The lowest BCUT2D eigenvalue weighted by atomic mass is 10.0. The number of hydrogen-bond acceptors (Lipinski definition) is 2. The Hall–Kier alpha value is 0.0300. The summed E-state index contributed by atoms with van der Waals surface area (Å²) in [5.41, 5.74) is -0.229. The van der Waals surface area contributed by atoms with Crippen LogP contribution in [0, 0.1) is 0 Å². The maximum atomic E-state index is 10.6. The minimum absolute atomic E-state index is 0.229. The standard InChI is InChI=1S/C7H15NO3S/c1-7(4-3-5-11-7)6-8(2)12(9)10/h3-6H2,1-2H3,(H,9,10). The molecule has 1 N–H and O–H groups in total. The van der Waals surface area contributed by atoms with Gasteiger partial charge in [-0.3, -0.25) is 4.55 Å². The normalized spacial score (nSPS) is 32.7. The van der Waals surface area contributed by atoms with Crippen LogP contribution in [0.4, 0.5) is 0 Å². The Balaban J connectivity index is 2.43. The Labute approximate surface area is 75.3 Å². The molecule has 0 spiro atoms. The molecule has 0 radical (unpaired) electrons. The van der Waals surface area contributed by atoms with Gasteiger partial charge in [0.1, 0.15) is 0 Å². The minimum atomic E-state index is -1.88. The fourth-order valence-corrected chi connectivity index (χ4v) is 1.87. The second-order valence-electron chi connectivity index (χ2n) is 3.42.